The van der Waals surface area contributed by atoms with Gasteiger partial charge in [0.2, 0.25) is 0 Å². The first kappa shape index (κ1) is 13.8. The van der Waals surface area contributed by atoms with Crippen LogP contribution in [0.2, 0.25) is 0 Å². The van der Waals surface area contributed by atoms with E-state index in [1.54, 1.807) is 0 Å². The summed E-state index contributed by atoms with van der Waals surface area (Å²) in [5, 5.41) is 17.8. The molecular weight excluding hydrogens is 238 g/mol. The molecule has 1 aliphatic carbocycles. The van der Waals surface area contributed by atoms with Gasteiger partial charge in [-0.1, -0.05) is 6.42 Å². The summed E-state index contributed by atoms with van der Waals surface area (Å²) in [4.78, 5) is 2.10. The van der Waals surface area contributed by atoms with E-state index in [1.807, 2.05) is 20.9 Å². The number of nitrogens with zero attached hydrogens (tertiary/aromatic N) is 4. The van der Waals surface area contributed by atoms with Crippen molar-refractivity contribution in [3.05, 3.63) is 16.8 Å². The lowest BCUT2D eigenvalue weighted by molar-refractivity contribution is 0.471. The summed E-state index contributed by atoms with van der Waals surface area (Å²) in [5.74, 6) is 1.18. The first-order valence-electron chi connectivity index (χ1n) is 6.77. The Bertz CT molecular complexity index is 505. The lowest BCUT2D eigenvalue weighted by Crippen LogP contribution is -2.38. The number of anilines is 1. The zero-order valence-corrected chi connectivity index (χ0v) is 11.8. The molecule has 2 unspecified atom stereocenters. The highest BCUT2D eigenvalue weighted by Crippen LogP contribution is 2.32. The van der Waals surface area contributed by atoms with Gasteiger partial charge in [-0.15, -0.1) is 5.10 Å². The van der Waals surface area contributed by atoms with Crippen molar-refractivity contribution >= 4 is 5.82 Å². The predicted molar refractivity (Wildman–Crippen MR) is 74.8 cm³/mol. The summed E-state index contributed by atoms with van der Waals surface area (Å²) < 4.78 is 0. The van der Waals surface area contributed by atoms with Crippen LogP contribution in [-0.4, -0.2) is 29.8 Å². The van der Waals surface area contributed by atoms with E-state index < -0.39 is 0 Å². The lowest BCUT2D eigenvalue weighted by Gasteiger charge is -2.30. The Morgan fingerprint density at radius 1 is 1.37 bits per heavy atom. The number of hydrogen-bond acceptors (Lipinski definition) is 5. The van der Waals surface area contributed by atoms with E-state index in [0.717, 1.165) is 24.1 Å². The third-order valence-electron chi connectivity index (χ3n) is 4.30. The zero-order valence-electron chi connectivity index (χ0n) is 11.8. The Morgan fingerprint density at radius 2 is 2.11 bits per heavy atom. The Labute approximate surface area is 114 Å². The van der Waals surface area contributed by atoms with Crippen molar-refractivity contribution < 1.29 is 0 Å². The highest BCUT2D eigenvalue weighted by atomic mass is 15.3. The van der Waals surface area contributed by atoms with Crippen LogP contribution in [-0.2, 0) is 0 Å². The van der Waals surface area contributed by atoms with E-state index in [4.69, 9.17) is 5.73 Å². The second kappa shape index (κ2) is 5.54. The molecule has 19 heavy (non-hydrogen) atoms. The molecule has 0 aliphatic heterocycles. The number of aryl methyl sites for hydroxylation is 1. The van der Waals surface area contributed by atoms with E-state index in [-0.39, 0.29) is 0 Å². The topological polar surface area (TPSA) is 78.8 Å². The van der Waals surface area contributed by atoms with E-state index in [9.17, 15) is 5.26 Å². The van der Waals surface area contributed by atoms with Crippen LogP contribution in [0.5, 0.6) is 0 Å². The molecule has 0 aromatic carbocycles. The minimum absolute atomic E-state index is 0.369. The van der Waals surface area contributed by atoms with E-state index >= 15 is 0 Å². The molecule has 0 radical (unpaired) electrons. The van der Waals surface area contributed by atoms with Gasteiger partial charge in [-0.2, -0.15) is 10.4 Å². The summed E-state index contributed by atoms with van der Waals surface area (Å²) in [6.45, 7) is 4.50. The summed E-state index contributed by atoms with van der Waals surface area (Å²) in [5.41, 5.74) is 8.21. The monoisotopic (exact) mass is 259 g/mol. The number of rotatable bonds is 3. The van der Waals surface area contributed by atoms with Gasteiger partial charge < -0.3 is 10.6 Å². The third-order valence-corrected chi connectivity index (χ3v) is 4.30. The van der Waals surface area contributed by atoms with Crippen LogP contribution in [0.25, 0.3) is 0 Å². The lowest BCUT2D eigenvalue weighted by atomic mass is 10.0. The second-order valence-electron chi connectivity index (χ2n) is 5.33. The zero-order chi connectivity index (χ0) is 14.0. The van der Waals surface area contributed by atoms with Crippen molar-refractivity contribution in [2.75, 3.05) is 18.5 Å². The quantitative estimate of drug-likeness (QED) is 0.890. The largest absolute Gasteiger partial charge is 0.354 e. The summed E-state index contributed by atoms with van der Waals surface area (Å²) in [6.07, 6.45) is 3.46. The van der Waals surface area contributed by atoms with Crippen LogP contribution >= 0.6 is 0 Å². The van der Waals surface area contributed by atoms with Gasteiger partial charge in [0, 0.05) is 13.1 Å². The molecular formula is C14H21N5. The van der Waals surface area contributed by atoms with Crippen LogP contribution in [0.15, 0.2) is 0 Å². The Hall–Kier alpha value is -1.67. The van der Waals surface area contributed by atoms with Gasteiger partial charge >= 0.3 is 0 Å². The molecule has 0 amide bonds. The maximum atomic E-state index is 9.37. The number of hydrogen-bond donors (Lipinski definition) is 1. The summed E-state index contributed by atoms with van der Waals surface area (Å²) in [7, 11) is 2.00. The predicted octanol–water partition coefficient (Wildman–Crippen LogP) is 1.53. The average molecular weight is 259 g/mol. The van der Waals surface area contributed by atoms with Crippen molar-refractivity contribution in [2.24, 2.45) is 11.7 Å². The van der Waals surface area contributed by atoms with E-state index in [0.29, 0.717) is 29.9 Å². The molecule has 1 aliphatic rings. The normalized spacial score (nSPS) is 22.3. The van der Waals surface area contributed by atoms with E-state index in [1.165, 1.54) is 6.42 Å². The fourth-order valence-electron chi connectivity index (χ4n) is 2.94. The van der Waals surface area contributed by atoms with Gasteiger partial charge in [0.1, 0.15) is 11.6 Å². The van der Waals surface area contributed by atoms with Gasteiger partial charge in [0.05, 0.1) is 5.69 Å². The molecule has 2 rings (SSSR count). The third kappa shape index (κ3) is 2.41. The SMILES string of the molecule is Cc1nnc(N(C)C2CCCC2CN)c(C#N)c1C. The molecule has 1 saturated carbocycles. The fourth-order valence-corrected chi connectivity index (χ4v) is 2.94. The first-order chi connectivity index (χ1) is 9.10. The smallest absolute Gasteiger partial charge is 0.169 e. The molecule has 2 N–H and O–H groups in total. The maximum absolute atomic E-state index is 9.37. The average Bonchev–Trinajstić information content (AvgIpc) is 2.89. The van der Waals surface area contributed by atoms with Gasteiger partial charge in [-0.25, -0.2) is 0 Å². The van der Waals surface area contributed by atoms with Crippen molar-refractivity contribution in [3.63, 3.8) is 0 Å². The standard InChI is InChI=1S/C14H21N5/c1-9-10(2)17-18-14(12(9)8-16)19(3)13-6-4-5-11(13)7-15/h11,13H,4-7,15H2,1-3H3. The molecule has 1 heterocycles. The Balaban J connectivity index is 2.37. The summed E-state index contributed by atoms with van der Waals surface area (Å²) >= 11 is 0. The van der Waals surface area contributed by atoms with Crippen LogP contribution < -0.4 is 10.6 Å². The minimum Gasteiger partial charge on any atom is -0.354 e. The van der Waals surface area contributed by atoms with Crippen molar-refractivity contribution in [1.29, 1.82) is 5.26 Å². The van der Waals surface area contributed by atoms with Crippen LogP contribution in [0.4, 0.5) is 5.82 Å². The number of nitrogens with two attached hydrogens (primary N) is 1. The Kier molecular flexibility index (Phi) is 4.01. The molecule has 2 atom stereocenters. The molecule has 5 heteroatoms. The molecule has 102 valence electrons. The summed E-state index contributed by atoms with van der Waals surface area (Å²) in [6, 6.07) is 2.64. The molecule has 1 aromatic rings. The Morgan fingerprint density at radius 3 is 2.74 bits per heavy atom. The van der Waals surface area contributed by atoms with Crippen LogP contribution in [0, 0.1) is 31.1 Å². The highest BCUT2D eigenvalue weighted by molar-refractivity contribution is 5.57. The molecule has 0 bridgehead atoms. The fraction of sp³-hybridized carbons (Fsp3) is 0.643. The second-order valence-corrected chi connectivity index (χ2v) is 5.33. The number of nitriles is 1. The van der Waals surface area contributed by atoms with Crippen molar-refractivity contribution in [2.45, 2.75) is 39.2 Å². The van der Waals surface area contributed by atoms with Gasteiger partial charge in [0.15, 0.2) is 5.82 Å². The van der Waals surface area contributed by atoms with Gasteiger partial charge in [0.25, 0.3) is 0 Å². The van der Waals surface area contributed by atoms with Crippen molar-refractivity contribution in [3.8, 4) is 6.07 Å². The molecule has 0 saturated heterocycles. The molecule has 0 spiro atoms. The van der Waals surface area contributed by atoms with Gasteiger partial charge in [-0.05, 0) is 44.7 Å². The number of aromatic nitrogens is 2. The van der Waals surface area contributed by atoms with Gasteiger partial charge in [-0.3, -0.25) is 0 Å². The first-order valence-corrected chi connectivity index (χ1v) is 6.77. The maximum Gasteiger partial charge on any atom is 0.169 e. The van der Waals surface area contributed by atoms with E-state index in [2.05, 4.69) is 21.2 Å². The van der Waals surface area contributed by atoms with Crippen LogP contribution in [0.1, 0.15) is 36.1 Å². The minimum atomic E-state index is 0.369. The molecule has 1 fully saturated rings. The highest BCUT2D eigenvalue weighted by Gasteiger charge is 2.31. The molecule has 1 aromatic heterocycles. The molecule has 5 nitrogen and oxygen atoms in total. The van der Waals surface area contributed by atoms with Crippen molar-refractivity contribution in [1.82, 2.24) is 10.2 Å². The van der Waals surface area contributed by atoms with Crippen LogP contribution in [0.3, 0.4) is 0 Å².